The fourth-order valence-corrected chi connectivity index (χ4v) is 4.61. The Labute approximate surface area is 125 Å². The highest BCUT2D eigenvalue weighted by Gasteiger charge is 2.34. The van der Waals surface area contributed by atoms with E-state index in [1.165, 1.54) is 12.8 Å². The normalized spacial score (nSPS) is 21.9. The molecule has 2 heterocycles. The lowest BCUT2D eigenvalue weighted by atomic mass is 10.0. The van der Waals surface area contributed by atoms with E-state index in [4.69, 9.17) is 5.73 Å². The van der Waals surface area contributed by atoms with Crippen molar-refractivity contribution in [3.8, 4) is 0 Å². The molecule has 1 saturated heterocycles. The molecule has 3 rings (SSSR count). The van der Waals surface area contributed by atoms with Gasteiger partial charge >= 0.3 is 0 Å². The van der Waals surface area contributed by atoms with Crippen molar-refractivity contribution in [2.24, 2.45) is 5.73 Å². The number of rotatable bonds is 4. The highest BCUT2D eigenvalue weighted by Crippen LogP contribution is 2.61. The molecular formula is C15H20N2O3S. The topological polar surface area (TPSA) is 86.8 Å². The standard InChI is InChI=1S/C15H20N2O3S/c16-15(18)14-10-12-11(6-9-17-7-1-2-8-17)4-3-5-13(12)21(14,19)20/h3-5,10,19-20H,1-2,6-9H2,(H2,16,18). The first-order valence-electron chi connectivity index (χ1n) is 7.14. The molecule has 0 atom stereocenters. The van der Waals surface area contributed by atoms with Crippen LogP contribution in [0.2, 0.25) is 0 Å². The zero-order valence-electron chi connectivity index (χ0n) is 11.8. The number of likely N-dealkylation sites (tertiary alicyclic amines) is 1. The van der Waals surface area contributed by atoms with E-state index in [9.17, 15) is 13.9 Å². The van der Waals surface area contributed by atoms with Gasteiger partial charge in [-0.15, -0.1) is 10.6 Å². The Hall–Kier alpha value is -1.34. The zero-order valence-corrected chi connectivity index (χ0v) is 12.6. The van der Waals surface area contributed by atoms with E-state index < -0.39 is 16.5 Å². The van der Waals surface area contributed by atoms with Crippen LogP contribution in [0.3, 0.4) is 0 Å². The molecule has 0 radical (unpaired) electrons. The summed E-state index contributed by atoms with van der Waals surface area (Å²) in [6.45, 7) is 3.22. The van der Waals surface area contributed by atoms with Gasteiger partial charge in [-0.3, -0.25) is 13.9 Å². The summed E-state index contributed by atoms with van der Waals surface area (Å²) in [7, 11) is -3.23. The lowest BCUT2D eigenvalue weighted by molar-refractivity contribution is -0.113. The molecule has 0 bridgehead atoms. The number of nitrogens with zero attached hydrogens (tertiary/aromatic N) is 1. The predicted molar refractivity (Wildman–Crippen MR) is 84.1 cm³/mol. The quantitative estimate of drug-likeness (QED) is 0.796. The van der Waals surface area contributed by atoms with E-state index in [-0.39, 0.29) is 4.91 Å². The van der Waals surface area contributed by atoms with Crippen molar-refractivity contribution in [1.82, 2.24) is 4.90 Å². The monoisotopic (exact) mass is 308 g/mol. The summed E-state index contributed by atoms with van der Waals surface area (Å²) >= 11 is 0. The highest BCUT2D eigenvalue weighted by atomic mass is 32.3. The SMILES string of the molecule is NC(=O)C1=Cc2c(CCN3CCCC3)cccc2S1(O)O. The summed E-state index contributed by atoms with van der Waals surface area (Å²) in [5.41, 5.74) is 7.05. The molecular weight excluding hydrogens is 288 g/mol. The van der Waals surface area contributed by atoms with Crippen LogP contribution in [-0.4, -0.2) is 39.5 Å². The van der Waals surface area contributed by atoms with E-state index in [0.29, 0.717) is 4.90 Å². The smallest absolute Gasteiger partial charge is 0.265 e. The summed E-state index contributed by atoms with van der Waals surface area (Å²) in [5.74, 6) is -0.767. The summed E-state index contributed by atoms with van der Waals surface area (Å²) in [5, 5.41) is 0. The van der Waals surface area contributed by atoms with Crippen molar-refractivity contribution < 1.29 is 13.9 Å². The molecule has 1 amide bonds. The van der Waals surface area contributed by atoms with Crippen LogP contribution in [0, 0.1) is 0 Å². The van der Waals surface area contributed by atoms with Gasteiger partial charge in [0.15, 0.2) is 0 Å². The average Bonchev–Trinajstić information content (AvgIpc) is 3.03. The number of carbonyl (C=O) groups is 1. The van der Waals surface area contributed by atoms with Gasteiger partial charge in [0.05, 0.1) is 4.90 Å². The molecule has 114 valence electrons. The largest absolute Gasteiger partial charge is 0.364 e. The number of hydrogen-bond donors (Lipinski definition) is 3. The number of fused-ring (bicyclic) bond motifs is 1. The summed E-state index contributed by atoms with van der Waals surface area (Å²) < 4.78 is 20.5. The Morgan fingerprint density at radius 2 is 2.00 bits per heavy atom. The van der Waals surface area contributed by atoms with E-state index in [0.717, 1.165) is 37.2 Å². The fourth-order valence-electron chi connectivity index (χ4n) is 3.05. The summed E-state index contributed by atoms with van der Waals surface area (Å²) in [6, 6.07) is 5.45. The minimum absolute atomic E-state index is 0.0777. The molecule has 2 aliphatic heterocycles. The van der Waals surface area contributed by atoms with Gasteiger partial charge in [-0.2, -0.15) is 0 Å². The molecule has 0 saturated carbocycles. The molecule has 5 nitrogen and oxygen atoms in total. The Kier molecular flexibility index (Phi) is 3.79. The second-order valence-corrected chi connectivity index (χ2v) is 7.53. The Bertz CT molecular complexity index is 607. The van der Waals surface area contributed by atoms with Crippen LogP contribution in [0.25, 0.3) is 6.08 Å². The van der Waals surface area contributed by atoms with Crippen molar-refractivity contribution in [3.05, 3.63) is 34.2 Å². The predicted octanol–water partition coefficient (Wildman–Crippen LogP) is 2.27. The number of primary amides is 1. The zero-order chi connectivity index (χ0) is 15.0. The fraction of sp³-hybridized carbons (Fsp3) is 0.400. The Balaban J connectivity index is 1.88. The van der Waals surface area contributed by atoms with E-state index in [1.807, 2.05) is 12.1 Å². The molecule has 4 N–H and O–H groups in total. The van der Waals surface area contributed by atoms with Crippen LogP contribution in [-0.2, 0) is 11.2 Å². The van der Waals surface area contributed by atoms with Crippen molar-refractivity contribution in [1.29, 1.82) is 0 Å². The first-order valence-corrected chi connectivity index (χ1v) is 8.69. The van der Waals surface area contributed by atoms with Crippen LogP contribution in [0.4, 0.5) is 0 Å². The van der Waals surface area contributed by atoms with Gasteiger partial charge in [0.1, 0.15) is 4.91 Å². The molecule has 21 heavy (non-hydrogen) atoms. The van der Waals surface area contributed by atoms with Gasteiger partial charge < -0.3 is 10.6 Å². The first kappa shape index (κ1) is 14.6. The number of carbonyl (C=O) groups excluding carboxylic acids is 1. The minimum Gasteiger partial charge on any atom is -0.364 e. The van der Waals surface area contributed by atoms with Gasteiger partial charge in [-0.25, -0.2) is 0 Å². The third kappa shape index (κ3) is 2.60. The number of benzene rings is 1. The summed E-state index contributed by atoms with van der Waals surface area (Å²) in [4.78, 5) is 14.2. The molecule has 0 aromatic heterocycles. The number of nitrogens with two attached hydrogens (primary N) is 1. The van der Waals surface area contributed by atoms with Gasteiger partial charge in [0.2, 0.25) is 0 Å². The lowest BCUT2D eigenvalue weighted by Gasteiger charge is -2.29. The van der Waals surface area contributed by atoms with Gasteiger partial charge in [0, 0.05) is 12.1 Å². The maximum absolute atomic E-state index is 11.4. The van der Waals surface area contributed by atoms with Gasteiger partial charge in [-0.1, -0.05) is 12.1 Å². The van der Waals surface area contributed by atoms with Crippen molar-refractivity contribution >= 4 is 22.6 Å². The molecule has 2 aliphatic rings. The third-order valence-electron chi connectivity index (χ3n) is 4.18. The second-order valence-electron chi connectivity index (χ2n) is 5.55. The van der Waals surface area contributed by atoms with E-state index >= 15 is 0 Å². The van der Waals surface area contributed by atoms with Crippen molar-refractivity contribution in [2.75, 3.05) is 19.6 Å². The Morgan fingerprint density at radius 1 is 1.29 bits per heavy atom. The van der Waals surface area contributed by atoms with Crippen molar-refractivity contribution in [2.45, 2.75) is 24.2 Å². The van der Waals surface area contributed by atoms with Crippen LogP contribution >= 0.6 is 10.6 Å². The average molecular weight is 308 g/mol. The first-order chi connectivity index (χ1) is 10.00. The highest BCUT2D eigenvalue weighted by molar-refractivity contribution is 8.28. The molecule has 6 heteroatoms. The molecule has 1 fully saturated rings. The van der Waals surface area contributed by atoms with Crippen LogP contribution in [0.15, 0.2) is 28.0 Å². The van der Waals surface area contributed by atoms with Crippen LogP contribution in [0.5, 0.6) is 0 Å². The van der Waals surface area contributed by atoms with Crippen LogP contribution < -0.4 is 5.73 Å². The van der Waals surface area contributed by atoms with Crippen LogP contribution in [0.1, 0.15) is 24.0 Å². The van der Waals surface area contributed by atoms with Gasteiger partial charge in [0.25, 0.3) is 5.91 Å². The maximum Gasteiger partial charge on any atom is 0.265 e. The van der Waals surface area contributed by atoms with E-state index in [2.05, 4.69) is 4.90 Å². The Morgan fingerprint density at radius 3 is 2.67 bits per heavy atom. The minimum atomic E-state index is -3.23. The number of hydrogen-bond acceptors (Lipinski definition) is 4. The van der Waals surface area contributed by atoms with Gasteiger partial charge in [-0.05, 0) is 50.1 Å². The molecule has 0 unspecified atom stereocenters. The maximum atomic E-state index is 11.4. The van der Waals surface area contributed by atoms with E-state index in [1.54, 1.807) is 12.1 Å². The third-order valence-corrected chi connectivity index (χ3v) is 6.09. The second kappa shape index (κ2) is 5.46. The van der Waals surface area contributed by atoms with Crippen molar-refractivity contribution in [3.63, 3.8) is 0 Å². The molecule has 1 aromatic rings. The molecule has 0 aliphatic carbocycles. The summed E-state index contributed by atoms with van der Waals surface area (Å²) in [6.07, 6.45) is 4.88. The lowest BCUT2D eigenvalue weighted by Crippen LogP contribution is -2.22. The molecule has 1 aromatic carbocycles. The molecule has 0 spiro atoms. The number of amides is 1.